The van der Waals surface area contributed by atoms with Crippen LogP contribution in [0.5, 0.6) is 0 Å². The number of nitrogens with zero attached hydrogens (tertiary/aromatic N) is 1. The average molecular weight is 485 g/mol. The average Bonchev–Trinajstić information content (AvgIpc) is 2.84. The van der Waals surface area contributed by atoms with E-state index in [4.69, 9.17) is 9.47 Å². The first-order valence-electron chi connectivity index (χ1n) is 12.3. The fraction of sp³-hybridized carbons (Fsp3) is 0.519. The van der Waals surface area contributed by atoms with Crippen LogP contribution in [0.25, 0.3) is 0 Å². The van der Waals surface area contributed by atoms with Crippen molar-refractivity contribution in [3.05, 3.63) is 71.0 Å². The van der Waals surface area contributed by atoms with Crippen LogP contribution in [-0.2, 0) is 26.2 Å². The fourth-order valence-corrected chi connectivity index (χ4v) is 6.47. The molecule has 3 aliphatic heterocycles. The van der Waals surface area contributed by atoms with E-state index >= 15 is 4.39 Å². The maximum atomic E-state index is 15.5. The zero-order chi connectivity index (χ0) is 23.5. The molecule has 0 saturated carbocycles. The number of hydrogen-bond donors (Lipinski definition) is 1. The summed E-state index contributed by atoms with van der Waals surface area (Å²) in [6.07, 6.45) is 3.33. The Bertz CT molecular complexity index is 995. The molecule has 0 aliphatic carbocycles. The molecule has 1 N–H and O–H groups in total. The molecule has 2 aromatic carbocycles. The van der Waals surface area contributed by atoms with E-state index in [1.165, 1.54) is 5.56 Å². The zero-order valence-corrected chi connectivity index (χ0v) is 20.5. The van der Waals surface area contributed by atoms with E-state index < -0.39 is 5.41 Å². The van der Waals surface area contributed by atoms with E-state index in [1.807, 2.05) is 30.1 Å². The van der Waals surface area contributed by atoms with Crippen LogP contribution in [0.2, 0.25) is 0 Å². The van der Waals surface area contributed by atoms with Gasteiger partial charge in [0.15, 0.2) is 0 Å². The Hall–Kier alpha value is -1.93. The van der Waals surface area contributed by atoms with E-state index in [1.54, 1.807) is 6.07 Å². The molecule has 5 nitrogen and oxygen atoms in total. The third-order valence-electron chi connectivity index (χ3n) is 7.46. The molecule has 7 heteroatoms. The van der Waals surface area contributed by atoms with Crippen LogP contribution in [0, 0.1) is 5.82 Å². The number of nitrogens with one attached hydrogen (secondary N) is 1. The lowest BCUT2D eigenvalue weighted by Crippen LogP contribution is -2.56. The first-order valence-corrected chi connectivity index (χ1v) is 13.1. The molecule has 3 saturated heterocycles. The molecule has 0 radical (unpaired) electrons. The molecule has 3 aliphatic rings. The highest BCUT2D eigenvalue weighted by Gasteiger charge is 2.43. The molecule has 0 unspecified atom stereocenters. The number of amides is 1. The van der Waals surface area contributed by atoms with Gasteiger partial charge >= 0.3 is 0 Å². The number of hydrogen-bond acceptors (Lipinski definition) is 5. The van der Waals surface area contributed by atoms with Crippen molar-refractivity contribution in [2.24, 2.45) is 0 Å². The van der Waals surface area contributed by atoms with Crippen molar-refractivity contribution in [1.29, 1.82) is 0 Å². The molecular weight excluding hydrogens is 451 g/mol. The van der Waals surface area contributed by atoms with E-state index in [2.05, 4.69) is 40.8 Å². The molecule has 0 aromatic heterocycles. The highest BCUT2D eigenvalue weighted by atomic mass is 32.2. The van der Waals surface area contributed by atoms with Crippen molar-refractivity contribution < 1.29 is 18.7 Å². The summed E-state index contributed by atoms with van der Waals surface area (Å²) in [7, 11) is 0. The zero-order valence-electron chi connectivity index (χ0n) is 19.7. The number of ether oxygens (including phenoxy) is 2. The van der Waals surface area contributed by atoms with Gasteiger partial charge in [0.2, 0.25) is 5.91 Å². The van der Waals surface area contributed by atoms with Gasteiger partial charge in [-0.15, -0.1) is 0 Å². The third-order valence-corrected chi connectivity index (χ3v) is 8.98. The van der Waals surface area contributed by atoms with Gasteiger partial charge in [-0.05, 0) is 49.8 Å². The minimum Gasteiger partial charge on any atom is -0.381 e. The van der Waals surface area contributed by atoms with E-state index in [0.717, 1.165) is 18.4 Å². The van der Waals surface area contributed by atoms with Gasteiger partial charge in [0.25, 0.3) is 0 Å². The standard InChI is InChI=1S/C27H33FN2O3S/c1-19-7-10-25(20-5-3-2-4-6-20)34-30(19)16-21-8-9-22(15-24(21)28)27(11-13-32-14-12-27)26(31)29-23-17-33-18-23/h2-6,8-9,15,19,23,25H,7,10-14,16-18H2,1H3,(H,29,31)/t19-,25+/m0/s1. The van der Waals surface area contributed by atoms with Gasteiger partial charge in [-0.25, -0.2) is 8.70 Å². The highest BCUT2D eigenvalue weighted by molar-refractivity contribution is 7.97. The van der Waals surface area contributed by atoms with Gasteiger partial charge in [-0.2, -0.15) is 0 Å². The Balaban J connectivity index is 1.33. The molecule has 5 rings (SSSR count). The van der Waals surface area contributed by atoms with Crippen LogP contribution < -0.4 is 5.32 Å². The number of benzene rings is 2. The van der Waals surface area contributed by atoms with Crippen LogP contribution in [0.15, 0.2) is 48.5 Å². The normalized spacial score (nSPS) is 25.5. The molecule has 0 bridgehead atoms. The summed E-state index contributed by atoms with van der Waals surface area (Å²) in [5, 5.41) is 3.49. The predicted octanol–water partition coefficient (Wildman–Crippen LogP) is 4.76. The van der Waals surface area contributed by atoms with Crippen LogP contribution in [0.1, 0.15) is 54.5 Å². The van der Waals surface area contributed by atoms with Gasteiger partial charge in [-0.3, -0.25) is 4.79 Å². The van der Waals surface area contributed by atoms with Gasteiger partial charge in [0, 0.05) is 36.6 Å². The van der Waals surface area contributed by atoms with E-state index in [-0.39, 0.29) is 17.8 Å². The third kappa shape index (κ3) is 4.89. The lowest BCUT2D eigenvalue weighted by atomic mass is 9.73. The molecule has 2 aromatic rings. The van der Waals surface area contributed by atoms with Gasteiger partial charge in [0.1, 0.15) is 5.82 Å². The molecule has 3 fully saturated rings. The lowest BCUT2D eigenvalue weighted by Gasteiger charge is -2.39. The van der Waals surface area contributed by atoms with Gasteiger partial charge < -0.3 is 14.8 Å². The molecular formula is C27H33FN2O3S. The molecule has 2 atom stereocenters. The van der Waals surface area contributed by atoms with Crippen molar-refractivity contribution in [3.63, 3.8) is 0 Å². The minimum atomic E-state index is -0.751. The second kappa shape index (κ2) is 10.4. The van der Waals surface area contributed by atoms with Crippen LogP contribution >= 0.6 is 11.9 Å². The summed E-state index contributed by atoms with van der Waals surface area (Å²) in [5.74, 6) is -0.278. The topological polar surface area (TPSA) is 50.8 Å². The van der Waals surface area contributed by atoms with E-state index in [9.17, 15) is 4.79 Å². The second-order valence-electron chi connectivity index (χ2n) is 9.71. The molecule has 3 heterocycles. The summed E-state index contributed by atoms with van der Waals surface area (Å²) >= 11 is 1.82. The summed E-state index contributed by atoms with van der Waals surface area (Å²) in [4.78, 5) is 13.3. The summed E-state index contributed by atoms with van der Waals surface area (Å²) in [5.41, 5.74) is 1.99. The summed E-state index contributed by atoms with van der Waals surface area (Å²) in [6, 6.07) is 16.4. The van der Waals surface area contributed by atoms with Crippen molar-refractivity contribution >= 4 is 17.9 Å². The first-order chi connectivity index (χ1) is 16.5. The number of carbonyl (C=O) groups excluding carboxylic acids is 1. The minimum absolute atomic E-state index is 0.0397. The Labute approximate surface area is 205 Å². The smallest absolute Gasteiger partial charge is 0.231 e. The van der Waals surface area contributed by atoms with Crippen molar-refractivity contribution in [2.45, 2.75) is 61.9 Å². The summed E-state index contributed by atoms with van der Waals surface area (Å²) in [6.45, 7) is 4.85. The summed E-state index contributed by atoms with van der Waals surface area (Å²) < 4.78 is 28.5. The quantitative estimate of drug-likeness (QED) is 0.599. The Morgan fingerprint density at radius 1 is 1.12 bits per heavy atom. The van der Waals surface area contributed by atoms with Crippen molar-refractivity contribution in [1.82, 2.24) is 9.62 Å². The Kier molecular flexibility index (Phi) is 7.25. The first kappa shape index (κ1) is 23.8. The Morgan fingerprint density at radius 3 is 2.56 bits per heavy atom. The van der Waals surface area contributed by atoms with Crippen molar-refractivity contribution in [3.8, 4) is 0 Å². The van der Waals surface area contributed by atoms with Crippen LogP contribution in [-0.4, -0.2) is 48.7 Å². The fourth-order valence-electron chi connectivity index (χ4n) is 5.10. The monoisotopic (exact) mass is 484 g/mol. The maximum Gasteiger partial charge on any atom is 0.231 e. The molecule has 1 amide bonds. The molecule has 0 spiro atoms. The maximum absolute atomic E-state index is 15.5. The number of halogens is 1. The molecule has 182 valence electrons. The Morgan fingerprint density at radius 2 is 1.88 bits per heavy atom. The van der Waals surface area contributed by atoms with Crippen LogP contribution in [0.3, 0.4) is 0 Å². The molecule has 34 heavy (non-hydrogen) atoms. The SMILES string of the molecule is C[C@H]1CC[C@H](c2ccccc2)SN1Cc1ccc(C2(C(=O)NC3COC3)CCOCC2)cc1F. The van der Waals surface area contributed by atoms with Crippen LogP contribution in [0.4, 0.5) is 4.39 Å². The van der Waals surface area contributed by atoms with Gasteiger partial charge in [-0.1, -0.05) is 54.4 Å². The second-order valence-corrected chi connectivity index (χ2v) is 11.0. The van der Waals surface area contributed by atoms with Crippen molar-refractivity contribution in [2.75, 3.05) is 26.4 Å². The number of carbonyl (C=O) groups is 1. The van der Waals surface area contributed by atoms with E-state index in [0.29, 0.717) is 62.7 Å². The van der Waals surface area contributed by atoms with Gasteiger partial charge in [0.05, 0.1) is 24.7 Å². The number of rotatable bonds is 6. The lowest BCUT2D eigenvalue weighted by molar-refractivity contribution is -0.134. The highest BCUT2D eigenvalue weighted by Crippen LogP contribution is 2.43. The predicted molar refractivity (Wildman–Crippen MR) is 132 cm³/mol. The largest absolute Gasteiger partial charge is 0.381 e.